The topological polar surface area (TPSA) is 72.4 Å². The Kier molecular flexibility index (Phi) is 3.84. The van der Waals surface area contributed by atoms with Crippen LogP contribution in [-0.4, -0.2) is 11.5 Å². The van der Waals surface area contributed by atoms with Gasteiger partial charge in [-0.2, -0.15) is 0 Å². The summed E-state index contributed by atoms with van der Waals surface area (Å²) in [7, 11) is 0. The molecule has 2 N–H and O–H groups in total. The Bertz CT molecular complexity index is 629. The Labute approximate surface area is 115 Å². The zero-order valence-electron chi connectivity index (χ0n) is 10.9. The minimum atomic E-state index is -0.503. The minimum Gasteiger partial charge on any atom is -0.393 e. The number of anilines is 3. The van der Waals surface area contributed by atoms with Crippen molar-refractivity contribution in [3.8, 4) is 0 Å². The van der Waals surface area contributed by atoms with Gasteiger partial charge in [0.25, 0.3) is 0 Å². The summed E-state index contributed by atoms with van der Waals surface area (Å²) in [6.45, 7) is 2.35. The van der Waals surface area contributed by atoms with E-state index in [0.717, 1.165) is 0 Å². The molecule has 20 heavy (non-hydrogen) atoms. The molecule has 0 spiro atoms. The van der Waals surface area contributed by atoms with E-state index in [1.807, 2.05) is 6.92 Å². The Balaban J connectivity index is 2.55. The summed E-state index contributed by atoms with van der Waals surface area (Å²) in [5.74, 6) is -0.355. The molecule has 0 amide bonds. The molecule has 0 aliphatic carbocycles. The standard InChI is InChI=1S/C14H14FN3O2/c1-2-17(11-8-6-10(15)7-9-11)13-5-3-4-12(16)14(13)18(19)20/h3-9H,2,16H2,1H3. The van der Waals surface area contributed by atoms with E-state index in [0.29, 0.717) is 17.9 Å². The molecule has 2 aromatic rings. The highest BCUT2D eigenvalue weighted by atomic mass is 19.1. The van der Waals surface area contributed by atoms with Crippen LogP contribution in [0.1, 0.15) is 6.92 Å². The van der Waals surface area contributed by atoms with Gasteiger partial charge in [0.1, 0.15) is 17.2 Å². The summed E-state index contributed by atoms with van der Waals surface area (Å²) in [5.41, 5.74) is 6.72. The molecule has 0 saturated carbocycles. The molecule has 0 aliphatic rings. The van der Waals surface area contributed by atoms with E-state index < -0.39 is 4.92 Å². The highest BCUT2D eigenvalue weighted by Gasteiger charge is 2.22. The van der Waals surface area contributed by atoms with E-state index in [1.165, 1.54) is 18.2 Å². The van der Waals surface area contributed by atoms with E-state index in [4.69, 9.17) is 5.73 Å². The van der Waals surface area contributed by atoms with E-state index in [1.54, 1.807) is 29.2 Å². The number of hydrogen-bond donors (Lipinski definition) is 1. The molecule has 0 bridgehead atoms. The molecular formula is C14H14FN3O2. The fourth-order valence-corrected chi connectivity index (χ4v) is 2.08. The highest BCUT2D eigenvalue weighted by Crippen LogP contribution is 2.37. The monoisotopic (exact) mass is 275 g/mol. The van der Waals surface area contributed by atoms with E-state index >= 15 is 0 Å². The number of nitrogens with two attached hydrogens (primary N) is 1. The second-order valence-electron chi connectivity index (χ2n) is 4.19. The molecule has 0 aromatic heterocycles. The van der Waals surface area contributed by atoms with Crippen LogP contribution in [0.3, 0.4) is 0 Å². The minimum absolute atomic E-state index is 0.105. The van der Waals surface area contributed by atoms with Crippen LogP contribution in [0.4, 0.5) is 27.1 Å². The molecule has 0 saturated heterocycles. The summed E-state index contributed by atoms with van der Waals surface area (Å²) in [6.07, 6.45) is 0. The van der Waals surface area contributed by atoms with Gasteiger partial charge in [-0.25, -0.2) is 4.39 Å². The van der Waals surface area contributed by atoms with Gasteiger partial charge in [0.15, 0.2) is 0 Å². The summed E-state index contributed by atoms with van der Waals surface area (Å²) in [5, 5.41) is 11.2. The van der Waals surface area contributed by atoms with Crippen molar-refractivity contribution in [2.45, 2.75) is 6.92 Å². The predicted molar refractivity (Wildman–Crippen MR) is 76.6 cm³/mol. The lowest BCUT2D eigenvalue weighted by molar-refractivity contribution is -0.383. The molecule has 0 aliphatic heterocycles. The fourth-order valence-electron chi connectivity index (χ4n) is 2.08. The first-order valence-electron chi connectivity index (χ1n) is 6.10. The SMILES string of the molecule is CCN(c1ccc(F)cc1)c1cccc(N)c1[N+](=O)[O-]. The number of halogens is 1. The molecule has 104 valence electrons. The van der Waals surface area contributed by atoms with Crippen LogP contribution in [0.5, 0.6) is 0 Å². The number of nitrogen functional groups attached to an aromatic ring is 1. The third-order valence-electron chi connectivity index (χ3n) is 2.97. The number of nitrogens with zero attached hydrogens (tertiary/aromatic N) is 2. The lowest BCUT2D eigenvalue weighted by atomic mass is 10.2. The molecule has 0 heterocycles. The lowest BCUT2D eigenvalue weighted by Crippen LogP contribution is -2.18. The Morgan fingerprint density at radius 3 is 2.45 bits per heavy atom. The Morgan fingerprint density at radius 1 is 1.25 bits per heavy atom. The summed E-state index contributed by atoms with van der Waals surface area (Å²) < 4.78 is 13.0. The van der Waals surface area contributed by atoms with Gasteiger partial charge in [0.05, 0.1) is 4.92 Å². The number of benzene rings is 2. The number of hydrogen-bond acceptors (Lipinski definition) is 4. The van der Waals surface area contributed by atoms with Crippen LogP contribution in [0.15, 0.2) is 42.5 Å². The van der Waals surface area contributed by atoms with Crippen molar-refractivity contribution in [3.63, 3.8) is 0 Å². The van der Waals surface area contributed by atoms with Gasteiger partial charge in [0, 0.05) is 12.2 Å². The van der Waals surface area contributed by atoms with Crippen molar-refractivity contribution in [1.29, 1.82) is 0 Å². The molecule has 6 heteroatoms. The fraction of sp³-hybridized carbons (Fsp3) is 0.143. The smallest absolute Gasteiger partial charge is 0.315 e. The van der Waals surface area contributed by atoms with E-state index in [-0.39, 0.29) is 17.2 Å². The Hall–Kier alpha value is -2.63. The quantitative estimate of drug-likeness (QED) is 0.526. The average molecular weight is 275 g/mol. The van der Waals surface area contributed by atoms with Gasteiger partial charge in [-0.1, -0.05) is 6.07 Å². The van der Waals surface area contributed by atoms with Crippen LogP contribution in [-0.2, 0) is 0 Å². The highest BCUT2D eigenvalue weighted by molar-refractivity contribution is 5.79. The van der Waals surface area contributed by atoms with Crippen LogP contribution in [0.25, 0.3) is 0 Å². The van der Waals surface area contributed by atoms with Gasteiger partial charge < -0.3 is 10.6 Å². The molecule has 5 nitrogen and oxygen atoms in total. The van der Waals surface area contributed by atoms with Crippen molar-refractivity contribution >= 4 is 22.7 Å². The molecule has 2 rings (SSSR count). The number of rotatable bonds is 4. The van der Waals surface area contributed by atoms with Gasteiger partial charge >= 0.3 is 5.69 Å². The van der Waals surface area contributed by atoms with Crippen molar-refractivity contribution in [3.05, 3.63) is 58.4 Å². The van der Waals surface area contributed by atoms with Crippen LogP contribution in [0.2, 0.25) is 0 Å². The molecule has 0 atom stereocenters. The van der Waals surface area contributed by atoms with Crippen LogP contribution < -0.4 is 10.6 Å². The van der Waals surface area contributed by atoms with Gasteiger partial charge in [-0.15, -0.1) is 0 Å². The summed E-state index contributed by atoms with van der Waals surface area (Å²) in [4.78, 5) is 12.4. The first kappa shape index (κ1) is 13.8. The van der Waals surface area contributed by atoms with Crippen molar-refractivity contribution < 1.29 is 9.31 Å². The molecule has 0 unspecified atom stereocenters. The molecular weight excluding hydrogens is 261 g/mol. The third kappa shape index (κ3) is 2.54. The zero-order chi connectivity index (χ0) is 14.7. The third-order valence-corrected chi connectivity index (χ3v) is 2.97. The second-order valence-corrected chi connectivity index (χ2v) is 4.19. The van der Waals surface area contributed by atoms with Crippen molar-refractivity contribution in [1.82, 2.24) is 0 Å². The van der Waals surface area contributed by atoms with E-state index in [2.05, 4.69) is 0 Å². The van der Waals surface area contributed by atoms with Gasteiger partial charge in [0.2, 0.25) is 0 Å². The van der Waals surface area contributed by atoms with Gasteiger partial charge in [-0.3, -0.25) is 10.1 Å². The maximum absolute atomic E-state index is 13.0. The number of nitro groups is 1. The summed E-state index contributed by atoms with van der Waals surface area (Å²) in [6, 6.07) is 10.6. The molecule has 0 fully saturated rings. The first-order chi connectivity index (χ1) is 9.54. The number of nitro benzene ring substituents is 1. The van der Waals surface area contributed by atoms with Gasteiger partial charge in [-0.05, 0) is 43.3 Å². The maximum atomic E-state index is 13.0. The predicted octanol–water partition coefficient (Wildman–Crippen LogP) is 3.47. The van der Waals surface area contributed by atoms with Crippen molar-refractivity contribution in [2.75, 3.05) is 17.2 Å². The maximum Gasteiger partial charge on any atom is 0.315 e. The zero-order valence-corrected chi connectivity index (χ0v) is 10.9. The Morgan fingerprint density at radius 2 is 1.90 bits per heavy atom. The number of para-hydroxylation sites is 1. The van der Waals surface area contributed by atoms with E-state index in [9.17, 15) is 14.5 Å². The largest absolute Gasteiger partial charge is 0.393 e. The normalized spacial score (nSPS) is 10.3. The van der Waals surface area contributed by atoms with Crippen LogP contribution in [0, 0.1) is 15.9 Å². The lowest BCUT2D eigenvalue weighted by Gasteiger charge is -2.23. The summed E-state index contributed by atoms with van der Waals surface area (Å²) >= 11 is 0. The first-order valence-corrected chi connectivity index (χ1v) is 6.10. The second kappa shape index (κ2) is 5.56. The molecule has 2 aromatic carbocycles. The van der Waals surface area contributed by atoms with Crippen molar-refractivity contribution in [2.24, 2.45) is 0 Å². The average Bonchev–Trinajstić information content (AvgIpc) is 2.41. The van der Waals surface area contributed by atoms with Crippen LogP contribution >= 0.6 is 0 Å². The molecule has 0 radical (unpaired) electrons.